The number of imide groups is 1. The van der Waals surface area contributed by atoms with Gasteiger partial charge in [0.05, 0.1) is 0 Å². The first-order chi connectivity index (χ1) is 9.47. The van der Waals surface area contributed by atoms with Gasteiger partial charge >= 0.3 is 11.9 Å². The number of rotatable bonds is 4. The molecule has 0 aromatic heterocycles. The number of esters is 1. The third-order valence-corrected chi connectivity index (χ3v) is 3.73. The van der Waals surface area contributed by atoms with E-state index in [4.69, 9.17) is 4.74 Å². The second kappa shape index (κ2) is 5.44. The Morgan fingerprint density at radius 3 is 2.20 bits per heavy atom. The molecular weight excluding hydrogens is 266 g/mol. The van der Waals surface area contributed by atoms with E-state index in [9.17, 15) is 24.3 Å². The summed E-state index contributed by atoms with van der Waals surface area (Å²) in [5.74, 6) is -3.23. The second-order valence-electron chi connectivity index (χ2n) is 4.95. The van der Waals surface area contributed by atoms with Crippen molar-refractivity contribution in [1.29, 1.82) is 0 Å². The highest BCUT2D eigenvalue weighted by molar-refractivity contribution is 6.12. The molecule has 7 nitrogen and oxygen atoms in total. The van der Waals surface area contributed by atoms with Crippen LogP contribution in [0.4, 0.5) is 0 Å². The van der Waals surface area contributed by atoms with Gasteiger partial charge in [-0.3, -0.25) is 19.2 Å². The Labute approximate surface area is 115 Å². The summed E-state index contributed by atoms with van der Waals surface area (Å²) in [5.41, 5.74) is -1.54. The number of carbonyl (C=O) groups is 4. The van der Waals surface area contributed by atoms with Gasteiger partial charge in [-0.2, -0.15) is 0 Å². The fraction of sp³-hybridized carbons (Fsp3) is 0.538. The number of hydrogen-bond donors (Lipinski definition) is 1. The molecule has 0 aromatic rings. The van der Waals surface area contributed by atoms with Crippen LogP contribution in [0, 0.1) is 5.41 Å². The van der Waals surface area contributed by atoms with Crippen LogP contribution in [-0.2, 0) is 23.9 Å². The molecule has 1 fully saturated rings. The van der Waals surface area contributed by atoms with Crippen LogP contribution in [0.3, 0.4) is 0 Å². The maximum Gasteiger partial charge on any atom is 0.325 e. The SMILES string of the molecule is O=C1C=CC(=O)N1COC(=O)C1(C(=O)O)CCCCC1. The number of carboxylic acid groups (broad SMARTS) is 1. The zero-order chi connectivity index (χ0) is 14.8. The first-order valence-corrected chi connectivity index (χ1v) is 6.41. The van der Waals surface area contributed by atoms with Gasteiger partial charge in [0.25, 0.3) is 11.8 Å². The largest absolute Gasteiger partial charge is 0.480 e. The number of carbonyl (C=O) groups excluding carboxylic acids is 3. The molecule has 1 aliphatic heterocycles. The monoisotopic (exact) mass is 281 g/mol. The molecule has 1 N–H and O–H groups in total. The van der Waals surface area contributed by atoms with Crippen LogP contribution in [0.2, 0.25) is 0 Å². The molecule has 0 aromatic carbocycles. The molecule has 108 valence electrons. The van der Waals surface area contributed by atoms with Crippen molar-refractivity contribution in [2.75, 3.05) is 6.73 Å². The number of hydrogen-bond acceptors (Lipinski definition) is 5. The van der Waals surface area contributed by atoms with Crippen molar-refractivity contribution in [3.8, 4) is 0 Å². The van der Waals surface area contributed by atoms with Gasteiger partial charge in [-0.1, -0.05) is 19.3 Å². The topological polar surface area (TPSA) is 101 Å². The van der Waals surface area contributed by atoms with E-state index in [1.807, 2.05) is 0 Å². The van der Waals surface area contributed by atoms with Crippen LogP contribution in [0.15, 0.2) is 12.2 Å². The lowest BCUT2D eigenvalue weighted by Crippen LogP contribution is -2.44. The van der Waals surface area contributed by atoms with Gasteiger partial charge in [0, 0.05) is 12.2 Å². The number of amides is 2. The Hall–Kier alpha value is -2.18. The average Bonchev–Trinajstić information content (AvgIpc) is 2.76. The second-order valence-corrected chi connectivity index (χ2v) is 4.95. The number of ether oxygens (including phenoxy) is 1. The molecule has 0 bridgehead atoms. The predicted molar refractivity (Wildman–Crippen MR) is 65.1 cm³/mol. The smallest absolute Gasteiger partial charge is 0.325 e. The van der Waals surface area contributed by atoms with Gasteiger partial charge in [-0.25, -0.2) is 4.90 Å². The van der Waals surface area contributed by atoms with Gasteiger partial charge in [0.15, 0.2) is 12.1 Å². The van der Waals surface area contributed by atoms with Crippen LogP contribution in [-0.4, -0.2) is 40.5 Å². The molecule has 0 saturated heterocycles. The zero-order valence-corrected chi connectivity index (χ0v) is 10.8. The predicted octanol–water partition coefficient (Wildman–Crippen LogP) is 0.447. The summed E-state index contributed by atoms with van der Waals surface area (Å²) >= 11 is 0. The lowest BCUT2D eigenvalue weighted by molar-refractivity contribution is -0.175. The summed E-state index contributed by atoms with van der Waals surface area (Å²) in [4.78, 5) is 46.8. The Bertz CT molecular complexity index is 471. The van der Waals surface area contributed by atoms with E-state index in [1.165, 1.54) is 0 Å². The summed E-state index contributed by atoms with van der Waals surface area (Å²) in [6, 6.07) is 0. The summed E-state index contributed by atoms with van der Waals surface area (Å²) in [5, 5.41) is 9.29. The molecule has 20 heavy (non-hydrogen) atoms. The summed E-state index contributed by atoms with van der Waals surface area (Å²) in [7, 11) is 0. The Morgan fingerprint density at radius 2 is 1.70 bits per heavy atom. The normalized spacial score (nSPS) is 21.1. The van der Waals surface area contributed by atoms with E-state index in [1.54, 1.807) is 0 Å². The van der Waals surface area contributed by atoms with Crippen molar-refractivity contribution in [1.82, 2.24) is 4.90 Å². The first kappa shape index (κ1) is 14.2. The third kappa shape index (κ3) is 2.43. The van der Waals surface area contributed by atoms with Crippen LogP contribution >= 0.6 is 0 Å². The molecule has 0 atom stereocenters. The molecule has 2 rings (SSSR count). The average molecular weight is 281 g/mol. The maximum absolute atomic E-state index is 12.1. The van der Waals surface area contributed by atoms with Gasteiger partial charge in [0.1, 0.15) is 0 Å². The lowest BCUT2D eigenvalue weighted by atomic mass is 9.74. The summed E-state index contributed by atoms with van der Waals surface area (Å²) < 4.78 is 4.90. The van der Waals surface area contributed by atoms with Gasteiger partial charge in [-0.05, 0) is 12.8 Å². The Kier molecular flexibility index (Phi) is 3.87. The zero-order valence-electron chi connectivity index (χ0n) is 10.8. The molecule has 0 radical (unpaired) electrons. The highest BCUT2D eigenvalue weighted by Gasteiger charge is 2.48. The Morgan fingerprint density at radius 1 is 1.15 bits per heavy atom. The van der Waals surface area contributed by atoms with E-state index in [0.717, 1.165) is 23.5 Å². The van der Waals surface area contributed by atoms with E-state index >= 15 is 0 Å². The van der Waals surface area contributed by atoms with Crippen molar-refractivity contribution < 1.29 is 29.0 Å². The number of aliphatic carboxylic acids is 1. The minimum atomic E-state index is -1.54. The number of carboxylic acids is 1. The van der Waals surface area contributed by atoms with Gasteiger partial charge in [0.2, 0.25) is 0 Å². The van der Waals surface area contributed by atoms with Crippen molar-refractivity contribution in [2.45, 2.75) is 32.1 Å². The summed E-state index contributed by atoms with van der Waals surface area (Å²) in [6.45, 7) is -0.543. The fourth-order valence-corrected chi connectivity index (χ4v) is 2.48. The highest BCUT2D eigenvalue weighted by atomic mass is 16.6. The molecule has 7 heteroatoms. The van der Waals surface area contributed by atoms with Gasteiger partial charge in [-0.15, -0.1) is 0 Å². The van der Waals surface area contributed by atoms with E-state index < -0.39 is 35.9 Å². The van der Waals surface area contributed by atoms with Crippen molar-refractivity contribution in [3.63, 3.8) is 0 Å². The minimum Gasteiger partial charge on any atom is -0.480 e. The van der Waals surface area contributed by atoms with Gasteiger partial charge < -0.3 is 9.84 Å². The van der Waals surface area contributed by atoms with E-state index in [2.05, 4.69) is 0 Å². The first-order valence-electron chi connectivity index (χ1n) is 6.41. The van der Waals surface area contributed by atoms with Crippen molar-refractivity contribution >= 4 is 23.8 Å². The van der Waals surface area contributed by atoms with Crippen LogP contribution in [0.25, 0.3) is 0 Å². The number of nitrogens with zero attached hydrogens (tertiary/aromatic N) is 1. The molecule has 1 saturated carbocycles. The van der Waals surface area contributed by atoms with Crippen molar-refractivity contribution in [3.05, 3.63) is 12.2 Å². The quantitative estimate of drug-likeness (QED) is 0.456. The minimum absolute atomic E-state index is 0.224. The fourth-order valence-electron chi connectivity index (χ4n) is 2.48. The van der Waals surface area contributed by atoms with Crippen LogP contribution in [0.5, 0.6) is 0 Å². The van der Waals surface area contributed by atoms with E-state index in [0.29, 0.717) is 12.8 Å². The molecule has 0 unspecified atom stereocenters. The Balaban J connectivity index is 2.01. The van der Waals surface area contributed by atoms with Crippen LogP contribution < -0.4 is 0 Å². The maximum atomic E-state index is 12.1. The molecule has 0 spiro atoms. The molecule has 1 heterocycles. The van der Waals surface area contributed by atoms with Crippen molar-refractivity contribution in [2.24, 2.45) is 5.41 Å². The highest BCUT2D eigenvalue weighted by Crippen LogP contribution is 2.37. The molecule has 1 aliphatic carbocycles. The third-order valence-electron chi connectivity index (χ3n) is 3.73. The summed E-state index contributed by atoms with van der Waals surface area (Å²) in [6.07, 6.45) is 4.76. The molecule has 2 aliphatic rings. The van der Waals surface area contributed by atoms with E-state index in [-0.39, 0.29) is 12.8 Å². The standard InChI is InChI=1S/C13H15NO6/c15-9-4-5-10(16)14(9)8-20-12(19)13(11(17)18)6-2-1-3-7-13/h4-5H,1-3,6-8H2,(H,17,18). The molecular formula is C13H15NO6. The van der Waals surface area contributed by atoms with Crippen LogP contribution in [0.1, 0.15) is 32.1 Å². The molecule has 2 amide bonds. The lowest BCUT2D eigenvalue weighted by Gasteiger charge is -2.31.